The van der Waals surface area contributed by atoms with Crippen LogP contribution in [-0.4, -0.2) is 27.5 Å². The molecule has 4 aromatic carbocycles. The lowest BCUT2D eigenvalue weighted by molar-refractivity contribution is -0.117. The van der Waals surface area contributed by atoms with Crippen LogP contribution in [0, 0.1) is 0 Å². The van der Waals surface area contributed by atoms with Gasteiger partial charge >= 0.3 is 0 Å². The summed E-state index contributed by atoms with van der Waals surface area (Å²) in [7, 11) is -2.64. The number of nitrogens with one attached hydrogen (secondary N) is 2. The van der Waals surface area contributed by atoms with Crippen LogP contribution in [0.5, 0.6) is 11.5 Å². The lowest BCUT2D eigenvalue weighted by atomic mass is 10.1. The molecule has 0 bridgehead atoms. The van der Waals surface area contributed by atoms with E-state index in [0.717, 1.165) is 11.1 Å². The fraction of sp³-hybridized carbons (Fsp3) is 0.138. The van der Waals surface area contributed by atoms with E-state index in [2.05, 4.69) is 10.0 Å². The molecule has 0 aliphatic carbocycles. The van der Waals surface area contributed by atoms with Crippen molar-refractivity contribution in [3.63, 3.8) is 0 Å². The molecule has 0 fully saturated rings. The standard InChI is InChI=1S/C29H27ClN2O5S/c1-36-28-17-16-25(19-26(28)30)38(34,35)32-27(18-21-8-4-2-5-9-21)29(33)31-23-12-14-24(15-13-23)37-20-22-10-6-3-7-11-22/h2-17,19,27,32H,18,20H2,1H3,(H,31,33)/t27-/m1/s1. The molecule has 0 saturated heterocycles. The summed E-state index contributed by atoms with van der Waals surface area (Å²) in [5.74, 6) is 0.486. The van der Waals surface area contributed by atoms with Crippen LogP contribution in [0.1, 0.15) is 11.1 Å². The molecule has 0 aliphatic heterocycles. The first-order valence-corrected chi connectivity index (χ1v) is 13.7. The van der Waals surface area contributed by atoms with Crippen LogP contribution in [-0.2, 0) is 27.8 Å². The van der Waals surface area contributed by atoms with Crippen molar-refractivity contribution < 1.29 is 22.7 Å². The number of amides is 1. The highest BCUT2D eigenvalue weighted by molar-refractivity contribution is 7.89. The Morgan fingerprint density at radius 2 is 1.50 bits per heavy atom. The molecule has 0 saturated carbocycles. The second kappa shape index (κ2) is 12.6. The highest BCUT2D eigenvalue weighted by Crippen LogP contribution is 2.27. The van der Waals surface area contributed by atoms with Crippen LogP contribution in [0.25, 0.3) is 0 Å². The lowest BCUT2D eigenvalue weighted by Gasteiger charge is -2.19. The molecule has 4 aromatic rings. The van der Waals surface area contributed by atoms with Gasteiger partial charge < -0.3 is 14.8 Å². The number of halogens is 1. The molecule has 1 atom stereocenters. The minimum absolute atomic E-state index is 0.0749. The SMILES string of the molecule is COc1ccc(S(=O)(=O)N[C@H](Cc2ccccc2)C(=O)Nc2ccc(OCc3ccccc3)cc2)cc1Cl. The highest BCUT2D eigenvalue weighted by atomic mass is 35.5. The molecular weight excluding hydrogens is 524 g/mol. The zero-order valence-corrected chi connectivity index (χ0v) is 22.2. The smallest absolute Gasteiger partial charge is 0.242 e. The van der Waals surface area contributed by atoms with E-state index in [1.807, 2.05) is 60.7 Å². The fourth-order valence-electron chi connectivity index (χ4n) is 3.71. The van der Waals surface area contributed by atoms with Gasteiger partial charge in [0.25, 0.3) is 0 Å². The van der Waals surface area contributed by atoms with E-state index >= 15 is 0 Å². The van der Waals surface area contributed by atoms with Gasteiger partial charge in [0.15, 0.2) is 0 Å². The predicted octanol–water partition coefficient (Wildman–Crippen LogP) is 5.46. The van der Waals surface area contributed by atoms with E-state index in [1.54, 1.807) is 24.3 Å². The third-order valence-corrected chi connectivity index (χ3v) is 7.47. The van der Waals surface area contributed by atoms with Crippen LogP contribution in [0.15, 0.2) is 108 Å². The van der Waals surface area contributed by atoms with Crippen molar-refractivity contribution in [3.8, 4) is 11.5 Å². The highest BCUT2D eigenvalue weighted by Gasteiger charge is 2.27. The molecule has 9 heteroatoms. The molecule has 0 radical (unpaired) electrons. The minimum atomic E-state index is -4.08. The summed E-state index contributed by atoms with van der Waals surface area (Å²) in [6, 6.07) is 28.9. The van der Waals surface area contributed by atoms with Crippen molar-refractivity contribution >= 4 is 33.2 Å². The maximum Gasteiger partial charge on any atom is 0.242 e. The van der Waals surface area contributed by atoms with Crippen LogP contribution < -0.4 is 19.5 Å². The summed E-state index contributed by atoms with van der Waals surface area (Å²) in [5.41, 5.74) is 2.35. The fourth-order valence-corrected chi connectivity index (χ4v) is 5.26. The first kappa shape index (κ1) is 27.2. The van der Waals surface area contributed by atoms with Crippen molar-refractivity contribution in [1.82, 2.24) is 4.72 Å². The van der Waals surface area contributed by atoms with Crippen LogP contribution in [0.4, 0.5) is 5.69 Å². The Kier molecular flexibility index (Phi) is 9.02. The number of carbonyl (C=O) groups is 1. The third-order valence-electron chi connectivity index (χ3n) is 5.70. The van der Waals surface area contributed by atoms with Gasteiger partial charge in [-0.2, -0.15) is 4.72 Å². The van der Waals surface area contributed by atoms with Crippen molar-refractivity contribution in [2.24, 2.45) is 0 Å². The van der Waals surface area contributed by atoms with Gasteiger partial charge in [-0.05, 0) is 60.0 Å². The molecular formula is C29H27ClN2O5S. The number of benzene rings is 4. The largest absolute Gasteiger partial charge is 0.495 e. The van der Waals surface area contributed by atoms with E-state index in [4.69, 9.17) is 21.1 Å². The van der Waals surface area contributed by atoms with Gasteiger partial charge in [-0.3, -0.25) is 4.79 Å². The summed E-state index contributed by atoms with van der Waals surface area (Å²) < 4.78 is 39.8. The topological polar surface area (TPSA) is 93.7 Å². The maximum absolute atomic E-state index is 13.3. The van der Waals surface area contributed by atoms with Gasteiger partial charge in [-0.1, -0.05) is 72.3 Å². The molecule has 196 valence electrons. The zero-order chi connectivity index (χ0) is 27.0. The monoisotopic (exact) mass is 550 g/mol. The minimum Gasteiger partial charge on any atom is -0.495 e. The molecule has 2 N–H and O–H groups in total. The quantitative estimate of drug-likeness (QED) is 0.259. The summed E-state index contributed by atoms with van der Waals surface area (Å²) in [6.45, 7) is 0.419. The van der Waals surface area contributed by atoms with Gasteiger partial charge in [0, 0.05) is 5.69 Å². The van der Waals surface area contributed by atoms with Crippen LogP contribution in [0.3, 0.4) is 0 Å². The van der Waals surface area contributed by atoms with E-state index in [0.29, 0.717) is 23.8 Å². The van der Waals surface area contributed by atoms with E-state index in [-0.39, 0.29) is 16.3 Å². The van der Waals surface area contributed by atoms with Crippen molar-refractivity contribution in [2.75, 3.05) is 12.4 Å². The molecule has 0 spiro atoms. The number of methoxy groups -OCH3 is 1. The van der Waals surface area contributed by atoms with Gasteiger partial charge in [-0.15, -0.1) is 0 Å². The first-order chi connectivity index (χ1) is 18.3. The molecule has 38 heavy (non-hydrogen) atoms. The van der Waals surface area contributed by atoms with Crippen molar-refractivity contribution in [2.45, 2.75) is 24.0 Å². The Balaban J connectivity index is 1.48. The second-order valence-electron chi connectivity index (χ2n) is 8.45. The van der Waals surface area contributed by atoms with Gasteiger partial charge in [-0.25, -0.2) is 8.42 Å². The summed E-state index contributed by atoms with van der Waals surface area (Å²) in [5, 5.41) is 2.95. The summed E-state index contributed by atoms with van der Waals surface area (Å²) >= 11 is 6.13. The molecule has 4 rings (SSSR count). The molecule has 0 aliphatic rings. The normalized spacial score (nSPS) is 11.9. The number of hydrogen-bond donors (Lipinski definition) is 2. The lowest BCUT2D eigenvalue weighted by Crippen LogP contribution is -2.45. The summed E-state index contributed by atoms with van der Waals surface area (Å²) in [4.78, 5) is 13.2. The Hall–Kier alpha value is -3.85. The number of ether oxygens (including phenoxy) is 2. The van der Waals surface area contributed by atoms with Crippen molar-refractivity contribution in [1.29, 1.82) is 0 Å². The second-order valence-corrected chi connectivity index (χ2v) is 10.6. The van der Waals surface area contributed by atoms with Crippen LogP contribution >= 0.6 is 11.6 Å². The molecule has 1 amide bonds. The van der Waals surface area contributed by atoms with Crippen LogP contribution in [0.2, 0.25) is 5.02 Å². The molecule has 0 unspecified atom stereocenters. The average molecular weight is 551 g/mol. The first-order valence-electron chi connectivity index (χ1n) is 11.8. The third kappa shape index (κ3) is 7.35. The van der Waals surface area contributed by atoms with E-state index in [9.17, 15) is 13.2 Å². The Labute approximate surface area is 227 Å². The molecule has 0 heterocycles. The number of anilines is 1. The molecule has 7 nitrogen and oxygen atoms in total. The predicted molar refractivity (Wildman–Crippen MR) is 148 cm³/mol. The number of hydrogen-bond acceptors (Lipinski definition) is 5. The van der Waals surface area contributed by atoms with Gasteiger partial charge in [0.1, 0.15) is 24.1 Å². The summed E-state index contributed by atoms with van der Waals surface area (Å²) in [6.07, 6.45) is 0.147. The Bertz CT molecular complexity index is 1460. The van der Waals surface area contributed by atoms with Crippen molar-refractivity contribution in [3.05, 3.63) is 119 Å². The van der Waals surface area contributed by atoms with Gasteiger partial charge in [0.05, 0.1) is 17.0 Å². The Morgan fingerprint density at radius 3 is 2.11 bits per heavy atom. The zero-order valence-electron chi connectivity index (χ0n) is 20.6. The maximum atomic E-state index is 13.3. The average Bonchev–Trinajstić information content (AvgIpc) is 2.93. The van der Waals surface area contributed by atoms with Gasteiger partial charge in [0.2, 0.25) is 15.9 Å². The number of rotatable bonds is 11. The number of sulfonamides is 1. The number of carbonyl (C=O) groups excluding carboxylic acids is 1. The molecule has 0 aromatic heterocycles. The van der Waals surface area contributed by atoms with E-state index < -0.39 is 22.0 Å². The van der Waals surface area contributed by atoms with E-state index in [1.165, 1.54) is 25.3 Å². The Morgan fingerprint density at radius 1 is 0.868 bits per heavy atom.